The first-order valence-electron chi connectivity index (χ1n) is 10.0. The minimum Gasteiger partial charge on any atom is -0.467 e. The summed E-state index contributed by atoms with van der Waals surface area (Å²) in [6, 6.07) is 13.4. The van der Waals surface area contributed by atoms with E-state index in [2.05, 4.69) is 15.3 Å². The first-order valence-corrected chi connectivity index (χ1v) is 10.8. The molecule has 7 nitrogen and oxygen atoms in total. The van der Waals surface area contributed by atoms with Crippen LogP contribution in [0.15, 0.2) is 67.0 Å². The lowest BCUT2D eigenvalue weighted by molar-refractivity contribution is -0.142. The van der Waals surface area contributed by atoms with Crippen LogP contribution in [-0.2, 0) is 9.53 Å². The summed E-state index contributed by atoms with van der Waals surface area (Å²) in [5, 5.41) is 3.04. The summed E-state index contributed by atoms with van der Waals surface area (Å²) in [6.45, 7) is 0. The van der Waals surface area contributed by atoms with Gasteiger partial charge in [0.2, 0.25) is 5.95 Å². The third kappa shape index (κ3) is 6.31. The number of rotatable bonds is 8. The zero-order valence-corrected chi connectivity index (χ0v) is 19.5. The molecule has 0 saturated carbocycles. The van der Waals surface area contributed by atoms with Crippen LogP contribution in [0.1, 0.15) is 22.3 Å². The summed E-state index contributed by atoms with van der Waals surface area (Å²) >= 11 is 12.2. The van der Waals surface area contributed by atoms with E-state index >= 15 is 0 Å². The highest BCUT2D eigenvalue weighted by Gasteiger charge is 2.23. The summed E-state index contributed by atoms with van der Waals surface area (Å²) in [5.74, 6) is -0.531. The molecule has 3 aromatic rings. The number of aromatic nitrogens is 2. The Morgan fingerprint density at radius 3 is 2.30 bits per heavy atom. The van der Waals surface area contributed by atoms with E-state index in [0.717, 1.165) is 11.3 Å². The lowest BCUT2D eigenvalue weighted by Crippen LogP contribution is -2.41. The fourth-order valence-corrected chi connectivity index (χ4v) is 3.60. The summed E-state index contributed by atoms with van der Waals surface area (Å²) in [6.07, 6.45) is 7.24. The first kappa shape index (κ1) is 24.2. The van der Waals surface area contributed by atoms with E-state index in [4.69, 9.17) is 27.9 Å². The van der Waals surface area contributed by atoms with Crippen molar-refractivity contribution >= 4 is 52.8 Å². The Kier molecular flexibility index (Phi) is 8.40. The molecule has 1 atom stereocenters. The highest BCUT2D eigenvalue weighted by molar-refractivity contribution is 6.39. The highest BCUT2D eigenvalue weighted by Crippen LogP contribution is 2.24. The molecular formula is C24H22Cl2N4O3. The molecule has 0 aliphatic carbocycles. The number of hydrogen-bond donors (Lipinski definition) is 1. The Morgan fingerprint density at radius 1 is 1.06 bits per heavy atom. The normalized spacial score (nSPS) is 11.8. The van der Waals surface area contributed by atoms with Crippen molar-refractivity contribution in [3.8, 4) is 0 Å². The van der Waals surface area contributed by atoms with Crippen molar-refractivity contribution in [2.24, 2.45) is 0 Å². The number of ether oxygens (including phenoxy) is 1. The molecule has 1 N–H and O–H groups in total. The molecule has 170 valence electrons. The predicted octanol–water partition coefficient (Wildman–Crippen LogP) is 4.93. The molecule has 1 aromatic heterocycles. The van der Waals surface area contributed by atoms with Crippen molar-refractivity contribution in [3.63, 3.8) is 0 Å². The third-order valence-corrected chi connectivity index (χ3v) is 5.43. The predicted molar refractivity (Wildman–Crippen MR) is 130 cm³/mol. The molecule has 0 fully saturated rings. The van der Waals surface area contributed by atoms with Crippen molar-refractivity contribution in [2.45, 2.75) is 12.5 Å². The fourth-order valence-electron chi connectivity index (χ4n) is 3.03. The van der Waals surface area contributed by atoms with Gasteiger partial charge in [-0.2, -0.15) is 0 Å². The number of halogens is 2. The average molecular weight is 485 g/mol. The second kappa shape index (κ2) is 11.4. The van der Waals surface area contributed by atoms with Gasteiger partial charge >= 0.3 is 5.97 Å². The van der Waals surface area contributed by atoms with Gasteiger partial charge in [-0.1, -0.05) is 53.6 Å². The smallest absolute Gasteiger partial charge is 0.328 e. The maximum atomic E-state index is 12.6. The molecule has 33 heavy (non-hydrogen) atoms. The number of methoxy groups -OCH3 is 1. The Balaban J connectivity index is 1.66. The maximum absolute atomic E-state index is 12.6. The van der Waals surface area contributed by atoms with E-state index in [1.807, 2.05) is 42.3 Å². The molecule has 0 aliphatic rings. The average Bonchev–Trinajstić information content (AvgIpc) is 2.83. The zero-order valence-electron chi connectivity index (χ0n) is 18.0. The number of carbonyl (C=O) groups is 2. The van der Waals surface area contributed by atoms with E-state index in [1.54, 1.807) is 42.7 Å². The second-order valence-electron chi connectivity index (χ2n) is 6.98. The van der Waals surface area contributed by atoms with Gasteiger partial charge in [-0.3, -0.25) is 4.79 Å². The summed E-state index contributed by atoms with van der Waals surface area (Å²) in [4.78, 5) is 35.2. The second-order valence-corrected chi connectivity index (χ2v) is 7.80. The zero-order chi connectivity index (χ0) is 23.8. The van der Waals surface area contributed by atoms with E-state index < -0.39 is 17.9 Å². The van der Waals surface area contributed by atoms with E-state index in [1.165, 1.54) is 7.11 Å². The van der Waals surface area contributed by atoms with Crippen LogP contribution in [0, 0.1) is 0 Å². The van der Waals surface area contributed by atoms with Gasteiger partial charge in [0.15, 0.2) is 0 Å². The van der Waals surface area contributed by atoms with E-state index in [-0.39, 0.29) is 22.0 Å². The van der Waals surface area contributed by atoms with E-state index in [0.29, 0.717) is 5.95 Å². The minimum absolute atomic E-state index is 0.112. The molecule has 1 amide bonds. The van der Waals surface area contributed by atoms with Crippen LogP contribution >= 0.6 is 23.2 Å². The summed E-state index contributed by atoms with van der Waals surface area (Å²) < 4.78 is 4.83. The van der Waals surface area contributed by atoms with Crippen molar-refractivity contribution < 1.29 is 14.3 Å². The maximum Gasteiger partial charge on any atom is 0.328 e. The largest absolute Gasteiger partial charge is 0.467 e. The minimum atomic E-state index is -0.897. The van der Waals surface area contributed by atoms with Crippen LogP contribution in [0.4, 0.5) is 11.6 Å². The molecule has 9 heteroatoms. The summed E-state index contributed by atoms with van der Waals surface area (Å²) in [7, 11) is 3.15. The Morgan fingerprint density at radius 2 is 1.70 bits per heavy atom. The summed E-state index contributed by atoms with van der Waals surface area (Å²) in [5.41, 5.74) is 1.96. The molecule has 0 bridgehead atoms. The molecule has 3 rings (SSSR count). The fraction of sp³-hybridized carbons (Fsp3) is 0.167. The van der Waals surface area contributed by atoms with Gasteiger partial charge in [-0.25, -0.2) is 14.8 Å². The molecule has 1 heterocycles. The van der Waals surface area contributed by atoms with E-state index in [9.17, 15) is 9.59 Å². The van der Waals surface area contributed by atoms with Gasteiger partial charge in [0.05, 0.1) is 22.7 Å². The lowest BCUT2D eigenvalue weighted by atomic mass is 10.1. The molecule has 0 saturated heterocycles. The molecular weight excluding hydrogens is 463 g/mol. The van der Waals surface area contributed by atoms with Crippen LogP contribution < -0.4 is 10.2 Å². The van der Waals surface area contributed by atoms with Crippen LogP contribution in [0.5, 0.6) is 0 Å². The van der Waals surface area contributed by atoms with Crippen molar-refractivity contribution in [1.82, 2.24) is 15.3 Å². The lowest BCUT2D eigenvalue weighted by Gasteiger charge is -2.17. The molecule has 0 radical (unpaired) electrons. The van der Waals surface area contributed by atoms with Gasteiger partial charge in [0, 0.05) is 25.1 Å². The molecule has 0 unspecified atom stereocenters. The number of anilines is 2. The van der Waals surface area contributed by atoms with Crippen LogP contribution in [0.3, 0.4) is 0 Å². The van der Waals surface area contributed by atoms with Crippen LogP contribution in [0.25, 0.3) is 6.08 Å². The first-order chi connectivity index (χ1) is 15.9. The van der Waals surface area contributed by atoms with Crippen LogP contribution in [-0.4, -0.2) is 42.0 Å². The van der Waals surface area contributed by atoms with Gasteiger partial charge < -0.3 is 15.0 Å². The Hall–Kier alpha value is -3.42. The highest BCUT2D eigenvalue weighted by atomic mass is 35.5. The number of nitrogens with one attached hydrogen (secondary N) is 1. The molecule has 2 aromatic carbocycles. The topological polar surface area (TPSA) is 84.4 Å². The van der Waals surface area contributed by atoms with Crippen molar-refractivity contribution in [3.05, 3.63) is 88.2 Å². The number of hydrogen-bond acceptors (Lipinski definition) is 6. The Bertz CT molecular complexity index is 1120. The third-order valence-electron chi connectivity index (χ3n) is 4.80. The van der Waals surface area contributed by atoms with Gasteiger partial charge in [-0.15, -0.1) is 0 Å². The number of carbonyl (C=O) groups excluding carboxylic acids is 2. The number of esters is 1. The van der Waals surface area contributed by atoms with Crippen LogP contribution in [0.2, 0.25) is 10.0 Å². The number of benzene rings is 2. The molecule has 0 spiro atoms. The Labute approximate surface area is 202 Å². The molecule has 0 aliphatic heterocycles. The quantitative estimate of drug-likeness (QED) is 0.456. The SMILES string of the molecule is COC(=O)[C@H](CC=Cc1ccc(N(C)c2ncccn2)cc1)NC(=O)c1c(Cl)cccc1Cl. The monoisotopic (exact) mass is 484 g/mol. The number of nitrogens with zero attached hydrogens (tertiary/aromatic N) is 3. The van der Waals surface area contributed by atoms with Gasteiger partial charge in [0.25, 0.3) is 5.91 Å². The number of amides is 1. The van der Waals surface area contributed by atoms with Crippen molar-refractivity contribution in [2.75, 3.05) is 19.1 Å². The van der Waals surface area contributed by atoms with Gasteiger partial charge in [-0.05, 0) is 42.3 Å². The van der Waals surface area contributed by atoms with Crippen molar-refractivity contribution in [1.29, 1.82) is 0 Å². The standard InChI is InChI=1S/C24H22Cl2N4O3/c1-30(24-27-14-5-15-28-24)17-12-10-16(11-13-17)6-3-9-20(23(32)33-2)29-22(31)21-18(25)7-4-8-19(21)26/h3-8,10-15,20H,9H2,1-2H3,(H,29,31)/t20-/m0/s1. The van der Waals surface area contributed by atoms with Gasteiger partial charge in [0.1, 0.15) is 6.04 Å².